The molecule has 0 radical (unpaired) electrons. The zero-order valence-electron chi connectivity index (χ0n) is 11.6. The summed E-state index contributed by atoms with van der Waals surface area (Å²) in [7, 11) is 5.25. The zero-order valence-corrected chi connectivity index (χ0v) is 11.6. The van der Waals surface area contributed by atoms with E-state index in [1.165, 1.54) is 19.2 Å². The minimum absolute atomic E-state index is 0.149. The van der Waals surface area contributed by atoms with Gasteiger partial charge in [0.25, 0.3) is 0 Å². The van der Waals surface area contributed by atoms with E-state index in [0.29, 0.717) is 0 Å². The third kappa shape index (κ3) is 2.37. The van der Waals surface area contributed by atoms with Crippen molar-refractivity contribution >= 4 is 5.97 Å². The SMILES string of the molecule is COC(=O)C1(C(c2cccc(F)c2)N(C)C)CCC1. The third-order valence-corrected chi connectivity index (χ3v) is 4.04. The lowest BCUT2D eigenvalue weighted by Gasteiger charge is -2.47. The van der Waals surface area contributed by atoms with E-state index in [4.69, 9.17) is 4.74 Å². The molecule has 0 aliphatic heterocycles. The quantitative estimate of drug-likeness (QED) is 0.784. The maximum absolute atomic E-state index is 13.4. The van der Waals surface area contributed by atoms with E-state index in [1.807, 2.05) is 25.1 Å². The van der Waals surface area contributed by atoms with Crippen molar-refractivity contribution in [3.63, 3.8) is 0 Å². The third-order valence-electron chi connectivity index (χ3n) is 4.04. The second-order valence-electron chi connectivity index (χ2n) is 5.42. The molecule has 2 rings (SSSR count). The molecule has 3 nitrogen and oxygen atoms in total. The molecule has 0 bridgehead atoms. The molecule has 1 aromatic rings. The van der Waals surface area contributed by atoms with Crippen LogP contribution in [0.1, 0.15) is 30.9 Å². The fourth-order valence-electron chi connectivity index (χ4n) is 3.14. The van der Waals surface area contributed by atoms with Crippen molar-refractivity contribution in [2.24, 2.45) is 5.41 Å². The van der Waals surface area contributed by atoms with Crippen LogP contribution in [0, 0.1) is 11.2 Å². The predicted molar refractivity (Wildman–Crippen MR) is 71.1 cm³/mol. The summed E-state index contributed by atoms with van der Waals surface area (Å²) in [6.45, 7) is 0. The van der Waals surface area contributed by atoms with Gasteiger partial charge in [0.1, 0.15) is 5.82 Å². The minimum Gasteiger partial charge on any atom is -0.469 e. The first kappa shape index (κ1) is 14.0. The van der Waals surface area contributed by atoms with Gasteiger partial charge >= 0.3 is 5.97 Å². The molecule has 1 aliphatic carbocycles. The molecule has 1 unspecified atom stereocenters. The van der Waals surface area contributed by atoms with E-state index >= 15 is 0 Å². The summed E-state index contributed by atoms with van der Waals surface area (Å²) in [5.74, 6) is -0.467. The van der Waals surface area contributed by atoms with Crippen LogP contribution in [0.2, 0.25) is 0 Å². The predicted octanol–water partition coefficient (Wildman–Crippen LogP) is 2.77. The summed E-state index contributed by atoms with van der Waals surface area (Å²) < 4.78 is 18.4. The number of carbonyl (C=O) groups excluding carboxylic acids is 1. The maximum atomic E-state index is 13.4. The smallest absolute Gasteiger partial charge is 0.313 e. The molecule has 1 aromatic carbocycles. The van der Waals surface area contributed by atoms with E-state index in [1.54, 1.807) is 6.07 Å². The van der Waals surface area contributed by atoms with Crippen LogP contribution < -0.4 is 0 Å². The Kier molecular flexibility index (Phi) is 3.90. The van der Waals surface area contributed by atoms with Gasteiger partial charge in [-0.3, -0.25) is 4.79 Å². The largest absolute Gasteiger partial charge is 0.469 e. The highest BCUT2D eigenvalue weighted by Gasteiger charge is 2.52. The standard InChI is InChI=1S/C15H20FNO2/c1-17(2)13(11-6-4-7-12(16)10-11)15(8-5-9-15)14(18)19-3/h4,6-7,10,13H,5,8-9H2,1-3H3. The number of nitrogens with zero attached hydrogens (tertiary/aromatic N) is 1. The van der Waals surface area contributed by atoms with E-state index in [2.05, 4.69) is 0 Å². The second kappa shape index (κ2) is 5.29. The van der Waals surface area contributed by atoms with Gasteiger partial charge < -0.3 is 9.64 Å². The van der Waals surface area contributed by atoms with E-state index in [9.17, 15) is 9.18 Å². The Bertz CT molecular complexity index is 469. The molecule has 0 aromatic heterocycles. The summed E-state index contributed by atoms with van der Waals surface area (Å²) in [6, 6.07) is 6.33. The van der Waals surface area contributed by atoms with Crippen LogP contribution in [0.15, 0.2) is 24.3 Å². The zero-order chi connectivity index (χ0) is 14.0. The molecule has 0 saturated heterocycles. The van der Waals surface area contributed by atoms with Crippen molar-refractivity contribution in [2.75, 3.05) is 21.2 Å². The Hall–Kier alpha value is -1.42. The van der Waals surface area contributed by atoms with E-state index in [0.717, 1.165) is 24.8 Å². The van der Waals surface area contributed by atoms with Crippen molar-refractivity contribution in [2.45, 2.75) is 25.3 Å². The molecule has 1 saturated carbocycles. The molecule has 1 atom stereocenters. The van der Waals surface area contributed by atoms with Crippen molar-refractivity contribution in [1.29, 1.82) is 0 Å². The van der Waals surface area contributed by atoms with Gasteiger partial charge in [0.05, 0.1) is 18.6 Å². The highest BCUT2D eigenvalue weighted by Crippen LogP contribution is 2.53. The van der Waals surface area contributed by atoms with Crippen molar-refractivity contribution < 1.29 is 13.9 Å². The Balaban J connectivity index is 2.42. The first-order valence-corrected chi connectivity index (χ1v) is 6.51. The van der Waals surface area contributed by atoms with E-state index in [-0.39, 0.29) is 17.8 Å². The highest BCUT2D eigenvalue weighted by molar-refractivity contribution is 5.79. The molecule has 1 fully saturated rings. The number of rotatable bonds is 4. The fourth-order valence-corrected chi connectivity index (χ4v) is 3.14. The second-order valence-corrected chi connectivity index (χ2v) is 5.42. The molecular formula is C15H20FNO2. The number of esters is 1. The molecule has 4 heteroatoms. The van der Waals surface area contributed by atoms with Gasteiger partial charge in [-0.15, -0.1) is 0 Å². The molecule has 19 heavy (non-hydrogen) atoms. The normalized spacial score (nSPS) is 18.8. The Morgan fingerprint density at radius 3 is 2.53 bits per heavy atom. The molecule has 0 spiro atoms. The number of methoxy groups -OCH3 is 1. The van der Waals surface area contributed by atoms with Crippen LogP contribution in [0.4, 0.5) is 4.39 Å². The van der Waals surface area contributed by atoms with Crippen LogP contribution in [-0.4, -0.2) is 32.1 Å². The van der Waals surface area contributed by atoms with Crippen molar-refractivity contribution in [3.8, 4) is 0 Å². The number of hydrogen-bond donors (Lipinski definition) is 0. The summed E-state index contributed by atoms with van der Waals surface area (Å²) in [5, 5.41) is 0. The van der Waals surface area contributed by atoms with Crippen LogP contribution in [0.25, 0.3) is 0 Å². The highest BCUT2D eigenvalue weighted by atomic mass is 19.1. The Morgan fingerprint density at radius 2 is 2.11 bits per heavy atom. The van der Waals surface area contributed by atoms with Gasteiger partial charge in [-0.05, 0) is 44.6 Å². The van der Waals surface area contributed by atoms with Gasteiger partial charge in [-0.1, -0.05) is 18.6 Å². The Labute approximate surface area is 113 Å². The number of ether oxygens (including phenoxy) is 1. The van der Waals surface area contributed by atoms with Crippen LogP contribution in [-0.2, 0) is 9.53 Å². The number of halogens is 1. The lowest BCUT2D eigenvalue weighted by molar-refractivity contribution is -0.165. The average Bonchev–Trinajstić information content (AvgIpc) is 2.32. The molecule has 104 valence electrons. The Morgan fingerprint density at radius 1 is 1.42 bits per heavy atom. The lowest BCUT2D eigenvalue weighted by atomic mass is 9.62. The molecule has 1 aliphatic rings. The average molecular weight is 265 g/mol. The van der Waals surface area contributed by atoms with Crippen molar-refractivity contribution in [3.05, 3.63) is 35.6 Å². The molecular weight excluding hydrogens is 245 g/mol. The molecule has 0 amide bonds. The lowest BCUT2D eigenvalue weighted by Crippen LogP contribution is -2.48. The van der Waals surface area contributed by atoms with Gasteiger partial charge in [0.15, 0.2) is 0 Å². The van der Waals surface area contributed by atoms with E-state index < -0.39 is 5.41 Å². The first-order valence-electron chi connectivity index (χ1n) is 6.51. The van der Waals surface area contributed by atoms with Crippen molar-refractivity contribution in [1.82, 2.24) is 4.90 Å². The maximum Gasteiger partial charge on any atom is 0.313 e. The van der Waals surface area contributed by atoms with Crippen LogP contribution in [0.3, 0.4) is 0 Å². The minimum atomic E-state index is -0.536. The van der Waals surface area contributed by atoms with Gasteiger partial charge in [0.2, 0.25) is 0 Å². The number of carbonyl (C=O) groups is 1. The number of benzene rings is 1. The van der Waals surface area contributed by atoms with Gasteiger partial charge in [0, 0.05) is 0 Å². The van der Waals surface area contributed by atoms with Crippen LogP contribution >= 0.6 is 0 Å². The summed E-state index contributed by atoms with van der Waals surface area (Å²) in [5.41, 5.74) is 0.293. The summed E-state index contributed by atoms with van der Waals surface area (Å²) >= 11 is 0. The van der Waals surface area contributed by atoms with Gasteiger partial charge in [-0.2, -0.15) is 0 Å². The number of hydrogen-bond acceptors (Lipinski definition) is 3. The fraction of sp³-hybridized carbons (Fsp3) is 0.533. The molecule has 0 N–H and O–H groups in total. The van der Waals surface area contributed by atoms with Crippen LogP contribution in [0.5, 0.6) is 0 Å². The topological polar surface area (TPSA) is 29.5 Å². The van der Waals surface area contributed by atoms with Gasteiger partial charge in [-0.25, -0.2) is 4.39 Å². The monoisotopic (exact) mass is 265 g/mol. The first-order chi connectivity index (χ1) is 9.01. The summed E-state index contributed by atoms with van der Waals surface area (Å²) in [4.78, 5) is 14.2. The molecule has 0 heterocycles. The summed E-state index contributed by atoms with van der Waals surface area (Å²) in [6.07, 6.45) is 2.59.